The Bertz CT molecular complexity index is 1250. The van der Waals surface area contributed by atoms with Gasteiger partial charge in [0, 0.05) is 5.39 Å². The third-order valence-electron chi connectivity index (χ3n) is 4.13. The van der Waals surface area contributed by atoms with E-state index in [0.29, 0.717) is 16.5 Å². The van der Waals surface area contributed by atoms with Gasteiger partial charge in [-0.1, -0.05) is 48.5 Å². The molecule has 0 aliphatic rings. The van der Waals surface area contributed by atoms with Crippen LogP contribution >= 0.6 is 0 Å². The standard InChI is InChI=1S/C22H16N4O3/c27-21-19-12-5-4-11-18(19)20(24-26-21)22(28)25-23-14-15-7-6-10-17(13-15)29-16-8-2-1-3-9-16/h1-14H,(H,25,28)(H,26,27)/b23-14+. The molecule has 3 aromatic carbocycles. The lowest BCUT2D eigenvalue weighted by Crippen LogP contribution is -2.22. The molecule has 7 nitrogen and oxygen atoms in total. The van der Waals surface area contributed by atoms with E-state index in [2.05, 4.69) is 20.7 Å². The minimum Gasteiger partial charge on any atom is -0.457 e. The molecule has 0 spiro atoms. The number of amides is 1. The molecule has 0 radical (unpaired) electrons. The van der Waals surface area contributed by atoms with Crippen LogP contribution in [0.5, 0.6) is 11.5 Å². The number of hydrogen-bond donors (Lipinski definition) is 2. The highest BCUT2D eigenvalue weighted by Crippen LogP contribution is 2.21. The van der Waals surface area contributed by atoms with Crippen LogP contribution in [-0.2, 0) is 0 Å². The second kappa shape index (κ2) is 8.18. The van der Waals surface area contributed by atoms with Crippen molar-refractivity contribution in [3.05, 3.63) is 100 Å². The topological polar surface area (TPSA) is 96.4 Å². The van der Waals surface area contributed by atoms with Gasteiger partial charge in [0.15, 0.2) is 5.69 Å². The zero-order valence-electron chi connectivity index (χ0n) is 15.2. The van der Waals surface area contributed by atoms with Crippen LogP contribution < -0.4 is 15.7 Å². The Labute approximate surface area is 165 Å². The second-order valence-electron chi connectivity index (χ2n) is 6.13. The Morgan fingerprint density at radius 1 is 0.931 bits per heavy atom. The summed E-state index contributed by atoms with van der Waals surface area (Å²) in [6.07, 6.45) is 1.50. The number of benzene rings is 3. The van der Waals surface area contributed by atoms with Gasteiger partial charge in [0.1, 0.15) is 11.5 Å². The summed E-state index contributed by atoms with van der Waals surface area (Å²) in [5, 5.41) is 11.0. The van der Waals surface area contributed by atoms with Gasteiger partial charge in [-0.15, -0.1) is 0 Å². The van der Waals surface area contributed by atoms with Gasteiger partial charge in [0.05, 0.1) is 11.6 Å². The number of rotatable bonds is 5. The quantitative estimate of drug-likeness (QED) is 0.407. The van der Waals surface area contributed by atoms with Crippen LogP contribution in [-0.4, -0.2) is 22.3 Å². The maximum Gasteiger partial charge on any atom is 0.292 e. The smallest absolute Gasteiger partial charge is 0.292 e. The van der Waals surface area contributed by atoms with E-state index in [9.17, 15) is 9.59 Å². The molecule has 0 saturated heterocycles. The summed E-state index contributed by atoms with van der Waals surface area (Å²) in [5.41, 5.74) is 2.93. The van der Waals surface area contributed by atoms with Crippen molar-refractivity contribution in [1.82, 2.24) is 15.6 Å². The van der Waals surface area contributed by atoms with Gasteiger partial charge in [0.2, 0.25) is 0 Å². The molecule has 2 N–H and O–H groups in total. The largest absolute Gasteiger partial charge is 0.457 e. The molecule has 29 heavy (non-hydrogen) atoms. The van der Waals surface area contributed by atoms with E-state index in [1.54, 1.807) is 30.3 Å². The van der Waals surface area contributed by atoms with Crippen LogP contribution in [0.15, 0.2) is 88.8 Å². The number of H-pyrrole nitrogens is 1. The lowest BCUT2D eigenvalue weighted by atomic mass is 10.1. The van der Waals surface area contributed by atoms with Crippen molar-refractivity contribution in [1.29, 1.82) is 0 Å². The third-order valence-corrected chi connectivity index (χ3v) is 4.13. The van der Waals surface area contributed by atoms with Crippen LogP contribution in [0.1, 0.15) is 16.1 Å². The van der Waals surface area contributed by atoms with Crippen molar-refractivity contribution >= 4 is 22.9 Å². The Morgan fingerprint density at radius 2 is 1.66 bits per heavy atom. The summed E-state index contributed by atoms with van der Waals surface area (Å²) in [5.74, 6) is 0.857. The first-order valence-corrected chi connectivity index (χ1v) is 8.84. The van der Waals surface area contributed by atoms with Crippen LogP contribution in [0.4, 0.5) is 0 Å². The molecule has 142 valence electrons. The van der Waals surface area contributed by atoms with Crippen molar-refractivity contribution in [2.24, 2.45) is 5.10 Å². The molecule has 0 unspecified atom stereocenters. The molecule has 0 fully saturated rings. The zero-order chi connectivity index (χ0) is 20.1. The zero-order valence-corrected chi connectivity index (χ0v) is 15.2. The first-order chi connectivity index (χ1) is 14.2. The molecule has 0 atom stereocenters. The number of aromatic amines is 1. The number of carbonyl (C=O) groups excluding carboxylic acids is 1. The number of aromatic nitrogens is 2. The third kappa shape index (κ3) is 4.19. The monoisotopic (exact) mass is 384 g/mol. The first kappa shape index (κ1) is 18.1. The number of fused-ring (bicyclic) bond motifs is 1. The van der Waals surface area contributed by atoms with E-state index in [4.69, 9.17) is 4.74 Å². The van der Waals surface area contributed by atoms with Crippen molar-refractivity contribution in [2.45, 2.75) is 0 Å². The summed E-state index contributed by atoms with van der Waals surface area (Å²) in [6, 6.07) is 23.5. The number of hydrogen-bond acceptors (Lipinski definition) is 5. The summed E-state index contributed by atoms with van der Waals surface area (Å²) in [4.78, 5) is 24.3. The summed E-state index contributed by atoms with van der Waals surface area (Å²) >= 11 is 0. The SMILES string of the molecule is O=C(N/N=C/c1cccc(Oc2ccccc2)c1)c1n[nH]c(=O)c2ccccc12. The van der Waals surface area contributed by atoms with Crippen molar-refractivity contribution in [3.8, 4) is 11.5 Å². The van der Waals surface area contributed by atoms with Gasteiger partial charge in [-0.3, -0.25) is 9.59 Å². The fourth-order valence-corrected chi connectivity index (χ4v) is 2.79. The molecule has 7 heteroatoms. The van der Waals surface area contributed by atoms with Gasteiger partial charge in [-0.05, 0) is 35.9 Å². The van der Waals surface area contributed by atoms with Crippen molar-refractivity contribution < 1.29 is 9.53 Å². The van der Waals surface area contributed by atoms with Gasteiger partial charge >= 0.3 is 0 Å². The number of ether oxygens (including phenoxy) is 1. The lowest BCUT2D eigenvalue weighted by molar-refractivity contribution is 0.0951. The van der Waals surface area contributed by atoms with E-state index in [0.717, 1.165) is 11.3 Å². The van der Waals surface area contributed by atoms with Gasteiger partial charge in [-0.25, -0.2) is 10.5 Å². The molecule has 4 aromatic rings. The number of nitrogens with zero attached hydrogens (tertiary/aromatic N) is 2. The Hall–Kier alpha value is -4.26. The fourth-order valence-electron chi connectivity index (χ4n) is 2.79. The van der Waals surface area contributed by atoms with E-state index in [1.807, 2.05) is 48.5 Å². The Balaban J connectivity index is 1.48. The molecule has 1 aromatic heterocycles. The average molecular weight is 384 g/mol. The van der Waals surface area contributed by atoms with E-state index in [-0.39, 0.29) is 11.3 Å². The van der Waals surface area contributed by atoms with Crippen LogP contribution in [0.2, 0.25) is 0 Å². The second-order valence-corrected chi connectivity index (χ2v) is 6.13. The van der Waals surface area contributed by atoms with Crippen LogP contribution in [0.25, 0.3) is 10.8 Å². The van der Waals surface area contributed by atoms with Crippen molar-refractivity contribution in [3.63, 3.8) is 0 Å². The summed E-state index contributed by atoms with van der Waals surface area (Å²) < 4.78 is 5.78. The fraction of sp³-hybridized carbons (Fsp3) is 0. The molecule has 0 saturated carbocycles. The molecule has 1 heterocycles. The predicted molar refractivity (Wildman–Crippen MR) is 110 cm³/mol. The molecular formula is C22H16N4O3. The average Bonchev–Trinajstić information content (AvgIpc) is 2.75. The predicted octanol–water partition coefficient (Wildman–Crippen LogP) is 3.48. The maximum atomic E-state index is 12.4. The number of carbonyl (C=O) groups is 1. The lowest BCUT2D eigenvalue weighted by Gasteiger charge is -2.06. The molecule has 0 aliphatic carbocycles. The molecular weight excluding hydrogens is 368 g/mol. The highest BCUT2D eigenvalue weighted by atomic mass is 16.5. The van der Waals surface area contributed by atoms with Gasteiger partial charge in [0.25, 0.3) is 11.5 Å². The Morgan fingerprint density at radius 3 is 2.48 bits per heavy atom. The molecule has 1 amide bonds. The summed E-state index contributed by atoms with van der Waals surface area (Å²) in [6.45, 7) is 0. The maximum absolute atomic E-state index is 12.4. The van der Waals surface area contributed by atoms with Gasteiger partial charge < -0.3 is 4.74 Å². The van der Waals surface area contributed by atoms with Crippen molar-refractivity contribution in [2.75, 3.05) is 0 Å². The minimum absolute atomic E-state index is 0.0958. The number of hydrazone groups is 1. The molecule has 0 aliphatic heterocycles. The number of nitrogens with one attached hydrogen (secondary N) is 2. The molecule has 4 rings (SSSR count). The van der Waals surface area contributed by atoms with Gasteiger partial charge in [-0.2, -0.15) is 10.2 Å². The number of para-hydroxylation sites is 1. The normalized spacial score (nSPS) is 10.9. The van der Waals surface area contributed by atoms with E-state index < -0.39 is 5.91 Å². The van der Waals surface area contributed by atoms with Crippen LogP contribution in [0, 0.1) is 0 Å². The van der Waals surface area contributed by atoms with E-state index in [1.165, 1.54) is 6.21 Å². The summed E-state index contributed by atoms with van der Waals surface area (Å²) in [7, 11) is 0. The van der Waals surface area contributed by atoms with Crippen LogP contribution in [0.3, 0.4) is 0 Å². The minimum atomic E-state index is -0.523. The Kier molecular flexibility index (Phi) is 5.11. The molecule has 0 bridgehead atoms. The first-order valence-electron chi connectivity index (χ1n) is 8.84. The van der Waals surface area contributed by atoms with E-state index >= 15 is 0 Å². The highest BCUT2D eigenvalue weighted by molar-refractivity contribution is 6.04. The highest BCUT2D eigenvalue weighted by Gasteiger charge is 2.13.